The first kappa shape index (κ1) is 11.3. The average Bonchev–Trinajstić information content (AvgIpc) is 2.27. The predicted molar refractivity (Wildman–Crippen MR) is 55.9 cm³/mol. The molecule has 2 unspecified atom stereocenters. The van der Waals surface area contributed by atoms with Gasteiger partial charge in [-0.2, -0.15) is 0 Å². The van der Waals surface area contributed by atoms with Crippen LogP contribution in [0.3, 0.4) is 0 Å². The Labute approximate surface area is 85.6 Å². The van der Waals surface area contributed by atoms with Gasteiger partial charge in [0.1, 0.15) is 9.84 Å². The van der Waals surface area contributed by atoms with E-state index in [0.717, 1.165) is 25.7 Å². The quantitative estimate of drug-likeness (QED) is 0.689. The Bertz CT molecular complexity index is 273. The van der Waals surface area contributed by atoms with Crippen molar-refractivity contribution in [3.05, 3.63) is 0 Å². The number of sulfone groups is 1. The first-order valence-electron chi connectivity index (χ1n) is 4.63. The second-order valence-corrected chi connectivity index (χ2v) is 7.41. The molecule has 2 atom stereocenters. The number of hydrogen-bond donors (Lipinski definition) is 0. The summed E-state index contributed by atoms with van der Waals surface area (Å²) < 4.78 is 22.0. The van der Waals surface area contributed by atoms with Gasteiger partial charge in [0.2, 0.25) is 0 Å². The summed E-state index contributed by atoms with van der Waals surface area (Å²) >= 11 is 6.00. The average molecular weight is 225 g/mol. The second kappa shape index (κ2) is 3.77. The molecule has 2 nitrogen and oxygen atoms in total. The van der Waals surface area contributed by atoms with Crippen molar-refractivity contribution in [3.63, 3.8) is 0 Å². The highest BCUT2D eigenvalue weighted by atomic mass is 35.5. The van der Waals surface area contributed by atoms with E-state index in [2.05, 4.69) is 6.92 Å². The van der Waals surface area contributed by atoms with Crippen molar-refractivity contribution in [2.24, 2.45) is 5.41 Å². The van der Waals surface area contributed by atoms with Crippen molar-refractivity contribution in [1.29, 1.82) is 0 Å². The van der Waals surface area contributed by atoms with Gasteiger partial charge in [-0.3, -0.25) is 0 Å². The molecule has 0 aromatic heterocycles. The third kappa shape index (κ3) is 3.86. The lowest BCUT2D eigenvalue weighted by Gasteiger charge is -2.22. The van der Waals surface area contributed by atoms with E-state index in [-0.39, 0.29) is 10.8 Å². The largest absolute Gasteiger partial charge is 0.229 e. The van der Waals surface area contributed by atoms with Crippen LogP contribution in [0.1, 0.15) is 32.6 Å². The van der Waals surface area contributed by atoms with Crippen LogP contribution in [0.25, 0.3) is 0 Å². The maximum absolute atomic E-state index is 11.0. The SMILES string of the molecule is CC1(CCS(C)(=O)=O)CCC(Cl)C1. The summed E-state index contributed by atoms with van der Waals surface area (Å²) in [5.41, 5.74) is 0.162. The maximum Gasteiger partial charge on any atom is 0.147 e. The Kier molecular flexibility index (Phi) is 3.29. The van der Waals surface area contributed by atoms with Crippen LogP contribution in [0.5, 0.6) is 0 Å². The molecule has 1 saturated carbocycles. The van der Waals surface area contributed by atoms with Crippen LogP contribution in [0, 0.1) is 5.41 Å². The van der Waals surface area contributed by atoms with Crippen molar-refractivity contribution >= 4 is 21.4 Å². The minimum Gasteiger partial charge on any atom is -0.229 e. The Morgan fingerprint density at radius 2 is 2.15 bits per heavy atom. The van der Waals surface area contributed by atoms with Crippen LogP contribution in [0.4, 0.5) is 0 Å². The van der Waals surface area contributed by atoms with Crippen molar-refractivity contribution in [1.82, 2.24) is 0 Å². The van der Waals surface area contributed by atoms with E-state index in [4.69, 9.17) is 11.6 Å². The monoisotopic (exact) mass is 224 g/mol. The fourth-order valence-corrected chi connectivity index (χ4v) is 3.25. The minimum absolute atomic E-state index is 0.162. The van der Waals surface area contributed by atoms with Gasteiger partial charge in [-0.1, -0.05) is 6.92 Å². The van der Waals surface area contributed by atoms with Gasteiger partial charge in [-0.05, 0) is 31.1 Å². The van der Waals surface area contributed by atoms with Crippen molar-refractivity contribution in [3.8, 4) is 0 Å². The summed E-state index contributed by atoms with van der Waals surface area (Å²) in [7, 11) is -2.81. The molecule has 0 bridgehead atoms. The zero-order valence-corrected chi connectivity index (χ0v) is 9.79. The molecule has 4 heteroatoms. The minimum atomic E-state index is -2.81. The van der Waals surface area contributed by atoms with E-state index in [1.807, 2.05) is 0 Å². The lowest BCUT2D eigenvalue weighted by atomic mass is 9.86. The van der Waals surface area contributed by atoms with E-state index in [0.29, 0.717) is 5.75 Å². The van der Waals surface area contributed by atoms with Crippen molar-refractivity contribution in [2.75, 3.05) is 12.0 Å². The number of hydrogen-bond acceptors (Lipinski definition) is 2. The first-order chi connectivity index (χ1) is 5.81. The van der Waals surface area contributed by atoms with Gasteiger partial charge in [0, 0.05) is 11.6 Å². The van der Waals surface area contributed by atoms with Gasteiger partial charge in [-0.25, -0.2) is 8.42 Å². The van der Waals surface area contributed by atoms with Gasteiger partial charge in [0.25, 0.3) is 0 Å². The molecular weight excluding hydrogens is 208 g/mol. The highest BCUT2D eigenvalue weighted by molar-refractivity contribution is 7.90. The normalized spacial score (nSPS) is 35.2. The van der Waals surface area contributed by atoms with Gasteiger partial charge >= 0.3 is 0 Å². The first-order valence-corrected chi connectivity index (χ1v) is 7.12. The Morgan fingerprint density at radius 3 is 2.54 bits per heavy atom. The maximum atomic E-state index is 11.0. The number of alkyl halides is 1. The summed E-state index contributed by atoms with van der Waals surface area (Å²) in [5.74, 6) is 0.299. The van der Waals surface area contributed by atoms with E-state index < -0.39 is 9.84 Å². The van der Waals surface area contributed by atoms with Crippen LogP contribution in [0.2, 0.25) is 0 Å². The molecular formula is C9H17ClO2S. The zero-order valence-electron chi connectivity index (χ0n) is 8.22. The zero-order chi connectivity index (χ0) is 10.1. The Balaban J connectivity index is 2.45. The molecule has 78 valence electrons. The van der Waals surface area contributed by atoms with Crippen molar-refractivity contribution < 1.29 is 8.42 Å². The Hall–Kier alpha value is 0.240. The summed E-state index contributed by atoms with van der Waals surface area (Å²) in [6, 6.07) is 0. The summed E-state index contributed by atoms with van der Waals surface area (Å²) in [6.45, 7) is 2.14. The lowest BCUT2D eigenvalue weighted by molar-refractivity contribution is 0.325. The van der Waals surface area contributed by atoms with Crippen LogP contribution in [0.15, 0.2) is 0 Å². The lowest BCUT2D eigenvalue weighted by Crippen LogP contribution is -2.17. The molecule has 1 aliphatic rings. The molecule has 1 rings (SSSR count). The second-order valence-electron chi connectivity index (χ2n) is 4.53. The van der Waals surface area contributed by atoms with E-state index >= 15 is 0 Å². The van der Waals surface area contributed by atoms with Crippen LogP contribution in [-0.4, -0.2) is 25.8 Å². The molecule has 0 radical (unpaired) electrons. The fourth-order valence-electron chi connectivity index (χ4n) is 1.90. The molecule has 1 aliphatic carbocycles. The molecule has 0 heterocycles. The predicted octanol–water partition coefficient (Wildman–Crippen LogP) is 2.22. The molecule has 0 spiro atoms. The van der Waals surface area contributed by atoms with Gasteiger partial charge in [0.15, 0.2) is 0 Å². The van der Waals surface area contributed by atoms with Gasteiger partial charge in [-0.15, -0.1) is 11.6 Å². The third-order valence-corrected chi connectivity index (χ3v) is 4.17. The highest BCUT2D eigenvalue weighted by Crippen LogP contribution is 2.42. The summed E-state index contributed by atoms with van der Waals surface area (Å²) in [6.07, 6.45) is 5.11. The smallest absolute Gasteiger partial charge is 0.147 e. The summed E-state index contributed by atoms with van der Waals surface area (Å²) in [4.78, 5) is 0. The molecule has 1 fully saturated rings. The summed E-state index contributed by atoms with van der Waals surface area (Å²) in [5, 5.41) is 0.254. The highest BCUT2D eigenvalue weighted by Gasteiger charge is 2.34. The topological polar surface area (TPSA) is 34.1 Å². The van der Waals surface area contributed by atoms with Crippen LogP contribution >= 0.6 is 11.6 Å². The Morgan fingerprint density at radius 1 is 1.54 bits per heavy atom. The van der Waals surface area contributed by atoms with Gasteiger partial charge < -0.3 is 0 Å². The third-order valence-electron chi connectivity index (χ3n) is 2.85. The molecule has 0 aliphatic heterocycles. The molecule has 13 heavy (non-hydrogen) atoms. The van der Waals surface area contributed by atoms with E-state index in [9.17, 15) is 8.42 Å². The molecule has 0 amide bonds. The fraction of sp³-hybridized carbons (Fsp3) is 1.00. The van der Waals surface area contributed by atoms with Crippen molar-refractivity contribution in [2.45, 2.75) is 38.0 Å². The molecule has 0 saturated heterocycles. The molecule has 0 aromatic rings. The van der Waals surface area contributed by atoms with E-state index in [1.54, 1.807) is 0 Å². The van der Waals surface area contributed by atoms with Crippen LogP contribution in [-0.2, 0) is 9.84 Å². The van der Waals surface area contributed by atoms with Gasteiger partial charge in [0.05, 0.1) is 5.75 Å². The van der Waals surface area contributed by atoms with Crippen LogP contribution < -0.4 is 0 Å². The number of halogens is 1. The molecule has 0 aromatic carbocycles. The van der Waals surface area contributed by atoms with E-state index in [1.165, 1.54) is 6.26 Å². The number of rotatable bonds is 3. The molecule has 0 N–H and O–H groups in total. The standard InChI is InChI=1S/C9H17ClO2S/c1-9(4-3-8(10)7-9)5-6-13(2,11)12/h8H,3-7H2,1-2H3.